The van der Waals surface area contributed by atoms with Crippen molar-refractivity contribution in [2.24, 2.45) is 46.3 Å². The van der Waals surface area contributed by atoms with Crippen LogP contribution in [0.25, 0.3) is 0 Å². The SMILES string of the molecule is CC(CCC(=O)O)[C@H]1CCC2C3C(C[C@H](O)[C@@]21C)[C@@]1(C)CCC(=O)C[C@H]1C[C@H]3O. The first-order chi connectivity index (χ1) is 13.6. The molecule has 0 aliphatic heterocycles. The van der Waals surface area contributed by atoms with Crippen LogP contribution in [-0.2, 0) is 9.59 Å². The lowest BCUT2D eigenvalue weighted by molar-refractivity contribution is -0.201. The molecule has 5 nitrogen and oxygen atoms in total. The van der Waals surface area contributed by atoms with Crippen molar-refractivity contribution in [1.29, 1.82) is 0 Å². The highest BCUT2D eigenvalue weighted by molar-refractivity contribution is 5.79. The quantitative estimate of drug-likeness (QED) is 0.662. The highest BCUT2D eigenvalue weighted by atomic mass is 16.4. The van der Waals surface area contributed by atoms with Crippen LogP contribution < -0.4 is 0 Å². The topological polar surface area (TPSA) is 94.8 Å². The zero-order valence-corrected chi connectivity index (χ0v) is 18.1. The molecule has 5 heteroatoms. The fraction of sp³-hybridized carbons (Fsp3) is 0.917. The first-order valence-corrected chi connectivity index (χ1v) is 11.7. The van der Waals surface area contributed by atoms with Crippen molar-refractivity contribution in [3.8, 4) is 0 Å². The van der Waals surface area contributed by atoms with E-state index in [0.29, 0.717) is 43.8 Å². The number of carbonyl (C=O) groups is 2. The molecule has 164 valence electrons. The number of aliphatic carboxylic acids is 1. The number of hydrogen-bond acceptors (Lipinski definition) is 4. The van der Waals surface area contributed by atoms with E-state index in [2.05, 4.69) is 20.8 Å². The molecule has 4 aliphatic rings. The summed E-state index contributed by atoms with van der Waals surface area (Å²) in [6, 6.07) is 0. The molecule has 0 aromatic carbocycles. The van der Waals surface area contributed by atoms with Gasteiger partial charge < -0.3 is 15.3 Å². The third-order valence-corrected chi connectivity index (χ3v) is 10.2. The average Bonchev–Trinajstić information content (AvgIpc) is 3.01. The monoisotopic (exact) mass is 406 g/mol. The fourth-order valence-corrected chi connectivity index (χ4v) is 8.50. The summed E-state index contributed by atoms with van der Waals surface area (Å²) in [5.41, 5.74) is -0.221. The van der Waals surface area contributed by atoms with Crippen LogP contribution in [0.4, 0.5) is 0 Å². The highest BCUT2D eigenvalue weighted by Gasteiger charge is 2.65. The number of carboxylic acids is 1. The maximum absolute atomic E-state index is 12.1. The lowest BCUT2D eigenvalue weighted by Crippen LogP contribution is -2.62. The third-order valence-electron chi connectivity index (χ3n) is 10.2. The van der Waals surface area contributed by atoms with Gasteiger partial charge in [0.15, 0.2) is 0 Å². The number of carbonyl (C=O) groups excluding carboxylic acids is 1. The third kappa shape index (κ3) is 3.18. The van der Waals surface area contributed by atoms with Crippen LogP contribution in [0.15, 0.2) is 0 Å². The average molecular weight is 407 g/mol. The molecule has 0 heterocycles. The molecule has 0 aromatic rings. The van der Waals surface area contributed by atoms with Crippen molar-refractivity contribution in [2.45, 2.75) is 90.8 Å². The molecule has 3 N–H and O–H groups in total. The number of ketones is 1. The Bertz CT molecular complexity index is 676. The van der Waals surface area contributed by atoms with E-state index in [-0.39, 0.29) is 46.8 Å². The van der Waals surface area contributed by atoms with Crippen LogP contribution >= 0.6 is 0 Å². The Morgan fingerprint density at radius 3 is 2.59 bits per heavy atom. The summed E-state index contributed by atoms with van der Waals surface area (Å²) in [5.74, 6) is 1.10. The van der Waals surface area contributed by atoms with E-state index >= 15 is 0 Å². The molecule has 0 amide bonds. The summed E-state index contributed by atoms with van der Waals surface area (Å²) < 4.78 is 0. The van der Waals surface area contributed by atoms with Gasteiger partial charge in [-0.2, -0.15) is 0 Å². The molecule has 4 aliphatic carbocycles. The molecule has 4 unspecified atom stereocenters. The summed E-state index contributed by atoms with van der Waals surface area (Å²) in [7, 11) is 0. The van der Waals surface area contributed by atoms with Gasteiger partial charge in [-0.25, -0.2) is 0 Å². The second-order valence-electron chi connectivity index (χ2n) is 11.2. The van der Waals surface area contributed by atoms with Gasteiger partial charge in [0, 0.05) is 19.3 Å². The van der Waals surface area contributed by atoms with Gasteiger partial charge in [0.1, 0.15) is 5.78 Å². The Hall–Kier alpha value is -0.940. The molecule has 4 saturated carbocycles. The Balaban J connectivity index is 1.61. The zero-order valence-electron chi connectivity index (χ0n) is 18.1. The minimum Gasteiger partial charge on any atom is -0.481 e. The Morgan fingerprint density at radius 1 is 1.17 bits per heavy atom. The van der Waals surface area contributed by atoms with Gasteiger partial charge in [0.25, 0.3) is 0 Å². The van der Waals surface area contributed by atoms with Gasteiger partial charge in [-0.3, -0.25) is 9.59 Å². The summed E-state index contributed by atoms with van der Waals surface area (Å²) >= 11 is 0. The molecule has 4 rings (SSSR count). The molecule has 0 bridgehead atoms. The maximum atomic E-state index is 12.1. The summed E-state index contributed by atoms with van der Waals surface area (Å²) in [6.07, 6.45) is 5.56. The van der Waals surface area contributed by atoms with Gasteiger partial charge in [-0.05, 0) is 84.9 Å². The summed E-state index contributed by atoms with van der Waals surface area (Å²) in [6.45, 7) is 6.66. The van der Waals surface area contributed by atoms with Crippen LogP contribution in [-0.4, -0.2) is 39.3 Å². The molecule has 0 aromatic heterocycles. The van der Waals surface area contributed by atoms with Gasteiger partial charge in [-0.15, -0.1) is 0 Å². The van der Waals surface area contributed by atoms with Crippen molar-refractivity contribution in [3.63, 3.8) is 0 Å². The van der Waals surface area contributed by atoms with Crippen molar-refractivity contribution in [1.82, 2.24) is 0 Å². The van der Waals surface area contributed by atoms with Gasteiger partial charge in [-0.1, -0.05) is 20.8 Å². The molecule has 0 spiro atoms. The molecular formula is C24H38O5. The van der Waals surface area contributed by atoms with Crippen LogP contribution in [0.3, 0.4) is 0 Å². The van der Waals surface area contributed by atoms with E-state index < -0.39 is 18.2 Å². The molecule has 0 radical (unpaired) electrons. The van der Waals surface area contributed by atoms with Crippen molar-refractivity contribution in [3.05, 3.63) is 0 Å². The Morgan fingerprint density at radius 2 is 1.90 bits per heavy atom. The van der Waals surface area contributed by atoms with Crippen LogP contribution in [0.1, 0.15) is 78.6 Å². The van der Waals surface area contributed by atoms with Crippen molar-refractivity contribution in [2.75, 3.05) is 0 Å². The summed E-state index contributed by atoms with van der Waals surface area (Å²) in [4.78, 5) is 23.1. The Kier molecular flexibility index (Phi) is 5.39. The standard InChI is InChI=1S/C24H38O5/c1-13(4-7-21(28)29)16-5-6-17-22-18(12-20(27)24(16,17)3)23(2)9-8-15(25)10-14(23)11-19(22)26/h13-14,16-20,22,26-27H,4-12H2,1-3H3,(H,28,29)/t13?,14-,16+,17?,18?,19+,20-,22?,23-,24+/m0/s1. The maximum Gasteiger partial charge on any atom is 0.303 e. The van der Waals surface area contributed by atoms with E-state index in [1.165, 1.54) is 0 Å². The first kappa shape index (κ1) is 21.3. The van der Waals surface area contributed by atoms with E-state index in [4.69, 9.17) is 5.11 Å². The van der Waals surface area contributed by atoms with Crippen LogP contribution in [0.5, 0.6) is 0 Å². The van der Waals surface area contributed by atoms with Gasteiger partial charge in [0.05, 0.1) is 12.2 Å². The van der Waals surface area contributed by atoms with Gasteiger partial charge in [0.2, 0.25) is 0 Å². The first-order valence-electron chi connectivity index (χ1n) is 11.7. The second-order valence-corrected chi connectivity index (χ2v) is 11.2. The number of hydrogen-bond donors (Lipinski definition) is 3. The minimum atomic E-state index is -0.755. The zero-order chi connectivity index (χ0) is 21.1. The van der Waals surface area contributed by atoms with Crippen LogP contribution in [0, 0.1) is 46.3 Å². The van der Waals surface area contributed by atoms with E-state index in [9.17, 15) is 19.8 Å². The largest absolute Gasteiger partial charge is 0.481 e. The molecule has 4 fully saturated rings. The molecule has 29 heavy (non-hydrogen) atoms. The highest BCUT2D eigenvalue weighted by Crippen LogP contribution is 2.68. The van der Waals surface area contributed by atoms with E-state index in [1.54, 1.807) is 0 Å². The molecule has 0 saturated heterocycles. The lowest BCUT2D eigenvalue weighted by atomic mass is 9.43. The normalized spacial score (nSPS) is 50.4. The van der Waals surface area contributed by atoms with Crippen molar-refractivity contribution < 1.29 is 24.9 Å². The number of carboxylic acid groups (broad SMARTS) is 1. The fourth-order valence-electron chi connectivity index (χ4n) is 8.50. The summed E-state index contributed by atoms with van der Waals surface area (Å²) in [5, 5.41) is 31.8. The number of fused-ring (bicyclic) bond motifs is 5. The van der Waals surface area contributed by atoms with E-state index in [1.807, 2.05) is 0 Å². The smallest absolute Gasteiger partial charge is 0.303 e. The van der Waals surface area contributed by atoms with E-state index in [0.717, 1.165) is 19.3 Å². The predicted octanol–water partition coefficient (Wildman–Crippen LogP) is 3.66. The number of aliphatic hydroxyl groups excluding tert-OH is 2. The number of aliphatic hydroxyl groups is 2. The lowest BCUT2D eigenvalue weighted by Gasteiger charge is -2.63. The minimum absolute atomic E-state index is 0.0348. The van der Waals surface area contributed by atoms with Crippen LogP contribution in [0.2, 0.25) is 0 Å². The molecular weight excluding hydrogens is 368 g/mol. The number of Topliss-reactive ketones (excluding diaryl/α,β-unsaturated/α-hetero) is 1. The Labute approximate surface area is 174 Å². The number of rotatable bonds is 4. The van der Waals surface area contributed by atoms with Gasteiger partial charge >= 0.3 is 5.97 Å². The molecule has 10 atom stereocenters. The second kappa shape index (κ2) is 7.33. The van der Waals surface area contributed by atoms with Crippen molar-refractivity contribution >= 4 is 11.8 Å². The predicted molar refractivity (Wildman–Crippen MR) is 109 cm³/mol.